The number of hydrogen-bond acceptors (Lipinski definition) is 3. The van der Waals surface area contributed by atoms with Gasteiger partial charge in [-0.1, -0.05) is 13.3 Å². The summed E-state index contributed by atoms with van der Waals surface area (Å²) >= 11 is 0. The van der Waals surface area contributed by atoms with Gasteiger partial charge in [-0.3, -0.25) is 4.79 Å². The number of carbonyl (C=O) groups excluding carboxylic acids is 1. The Balaban J connectivity index is 2.91. The van der Waals surface area contributed by atoms with Crippen molar-refractivity contribution in [1.82, 2.24) is 0 Å². The standard InChI is InChI=1S/C13H18O3/c1-4-5-6-16-13-8-11(9-14)10(2)7-12(13)15-3/h7-9H,4-6H2,1-3H3. The third-order valence-electron chi connectivity index (χ3n) is 2.43. The number of rotatable bonds is 6. The topological polar surface area (TPSA) is 35.5 Å². The second-order valence-electron chi connectivity index (χ2n) is 3.68. The molecule has 0 saturated heterocycles. The van der Waals surface area contributed by atoms with Gasteiger partial charge < -0.3 is 9.47 Å². The Bertz CT molecular complexity index is 358. The predicted octanol–water partition coefficient (Wildman–Crippen LogP) is 3.00. The van der Waals surface area contributed by atoms with E-state index in [0.29, 0.717) is 23.7 Å². The van der Waals surface area contributed by atoms with Crippen LogP contribution in [0, 0.1) is 6.92 Å². The van der Waals surface area contributed by atoms with Gasteiger partial charge in [0.15, 0.2) is 11.5 Å². The van der Waals surface area contributed by atoms with Crippen molar-refractivity contribution in [3.8, 4) is 11.5 Å². The summed E-state index contributed by atoms with van der Waals surface area (Å²) in [5.74, 6) is 1.32. The van der Waals surface area contributed by atoms with Crippen molar-refractivity contribution in [2.75, 3.05) is 13.7 Å². The van der Waals surface area contributed by atoms with E-state index in [2.05, 4.69) is 6.92 Å². The minimum absolute atomic E-state index is 0.642. The van der Waals surface area contributed by atoms with Crippen molar-refractivity contribution in [1.29, 1.82) is 0 Å². The van der Waals surface area contributed by atoms with Crippen LogP contribution in [-0.4, -0.2) is 20.0 Å². The number of unbranched alkanes of at least 4 members (excludes halogenated alkanes) is 1. The Labute approximate surface area is 96.4 Å². The van der Waals surface area contributed by atoms with E-state index >= 15 is 0 Å². The van der Waals surface area contributed by atoms with Crippen molar-refractivity contribution < 1.29 is 14.3 Å². The third-order valence-corrected chi connectivity index (χ3v) is 2.43. The van der Waals surface area contributed by atoms with Crippen LogP contribution in [0.2, 0.25) is 0 Å². The molecule has 0 spiro atoms. The molecule has 0 heterocycles. The normalized spacial score (nSPS) is 9.94. The molecule has 0 aliphatic rings. The monoisotopic (exact) mass is 222 g/mol. The molecule has 0 bridgehead atoms. The molecule has 0 N–H and O–H groups in total. The maximum atomic E-state index is 10.8. The third kappa shape index (κ3) is 2.99. The van der Waals surface area contributed by atoms with E-state index in [1.54, 1.807) is 13.2 Å². The fourth-order valence-corrected chi connectivity index (χ4v) is 1.40. The first-order chi connectivity index (χ1) is 7.72. The highest BCUT2D eigenvalue weighted by molar-refractivity contribution is 5.79. The van der Waals surface area contributed by atoms with E-state index in [1.165, 1.54) is 0 Å². The summed E-state index contributed by atoms with van der Waals surface area (Å²) in [6.45, 7) is 4.63. The lowest BCUT2D eigenvalue weighted by Gasteiger charge is -2.12. The van der Waals surface area contributed by atoms with E-state index in [-0.39, 0.29) is 0 Å². The van der Waals surface area contributed by atoms with Crippen LogP contribution in [0.1, 0.15) is 35.7 Å². The van der Waals surface area contributed by atoms with Crippen molar-refractivity contribution in [3.63, 3.8) is 0 Å². The summed E-state index contributed by atoms with van der Waals surface area (Å²) in [7, 11) is 1.60. The van der Waals surface area contributed by atoms with E-state index in [9.17, 15) is 4.79 Å². The number of benzene rings is 1. The molecule has 0 amide bonds. The minimum Gasteiger partial charge on any atom is -0.493 e. The molecule has 1 aromatic rings. The smallest absolute Gasteiger partial charge is 0.161 e. The fraction of sp³-hybridized carbons (Fsp3) is 0.462. The summed E-state index contributed by atoms with van der Waals surface area (Å²) in [5.41, 5.74) is 1.54. The SMILES string of the molecule is CCCCOc1cc(C=O)c(C)cc1OC. The van der Waals surface area contributed by atoms with Crippen LogP contribution in [-0.2, 0) is 0 Å². The molecular weight excluding hydrogens is 204 g/mol. The van der Waals surface area contributed by atoms with E-state index < -0.39 is 0 Å². The van der Waals surface area contributed by atoms with Gasteiger partial charge in [0, 0.05) is 5.56 Å². The predicted molar refractivity (Wildman–Crippen MR) is 63.5 cm³/mol. The van der Waals surface area contributed by atoms with Gasteiger partial charge in [-0.15, -0.1) is 0 Å². The summed E-state index contributed by atoms with van der Waals surface area (Å²) in [6.07, 6.45) is 2.91. The lowest BCUT2D eigenvalue weighted by Crippen LogP contribution is -2.00. The fourth-order valence-electron chi connectivity index (χ4n) is 1.40. The zero-order chi connectivity index (χ0) is 12.0. The first-order valence-corrected chi connectivity index (χ1v) is 5.49. The van der Waals surface area contributed by atoms with Crippen LogP contribution in [0.15, 0.2) is 12.1 Å². The maximum absolute atomic E-state index is 10.8. The molecule has 0 unspecified atom stereocenters. The average molecular weight is 222 g/mol. The van der Waals surface area contributed by atoms with E-state index in [4.69, 9.17) is 9.47 Å². The van der Waals surface area contributed by atoms with Crippen molar-refractivity contribution in [2.45, 2.75) is 26.7 Å². The van der Waals surface area contributed by atoms with E-state index in [1.807, 2.05) is 13.0 Å². The number of carbonyl (C=O) groups is 1. The minimum atomic E-state index is 0.642. The Hall–Kier alpha value is -1.51. The van der Waals surface area contributed by atoms with Crippen molar-refractivity contribution in [3.05, 3.63) is 23.3 Å². The number of methoxy groups -OCH3 is 1. The van der Waals surface area contributed by atoms with Gasteiger partial charge in [0.1, 0.15) is 6.29 Å². The van der Waals surface area contributed by atoms with Crippen LogP contribution in [0.5, 0.6) is 11.5 Å². The molecule has 1 rings (SSSR count). The molecule has 0 saturated carbocycles. The quantitative estimate of drug-likeness (QED) is 0.548. The number of hydrogen-bond donors (Lipinski definition) is 0. The van der Waals surface area contributed by atoms with Crippen LogP contribution in [0.25, 0.3) is 0 Å². The Morgan fingerprint density at radius 3 is 2.62 bits per heavy atom. The Kier molecular flexibility index (Phi) is 4.83. The van der Waals surface area contributed by atoms with Crippen molar-refractivity contribution in [2.24, 2.45) is 0 Å². The Morgan fingerprint density at radius 1 is 1.31 bits per heavy atom. The molecule has 0 aliphatic heterocycles. The van der Waals surface area contributed by atoms with Gasteiger partial charge in [0.05, 0.1) is 13.7 Å². The summed E-state index contributed by atoms with van der Waals surface area (Å²) in [5, 5.41) is 0. The molecule has 1 aromatic carbocycles. The first-order valence-electron chi connectivity index (χ1n) is 5.49. The highest BCUT2D eigenvalue weighted by atomic mass is 16.5. The Morgan fingerprint density at radius 2 is 2.06 bits per heavy atom. The van der Waals surface area contributed by atoms with Crippen molar-refractivity contribution >= 4 is 6.29 Å². The average Bonchev–Trinajstić information content (AvgIpc) is 2.30. The lowest BCUT2D eigenvalue weighted by molar-refractivity contribution is 0.112. The molecule has 0 atom stereocenters. The second kappa shape index (κ2) is 6.16. The van der Waals surface area contributed by atoms with Crippen LogP contribution < -0.4 is 9.47 Å². The van der Waals surface area contributed by atoms with Gasteiger partial charge in [-0.05, 0) is 31.0 Å². The molecule has 0 fully saturated rings. The molecule has 0 radical (unpaired) electrons. The second-order valence-corrected chi connectivity index (χ2v) is 3.68. The number of aldehydes is 1. The van der Waals surface area contributed by atoms with Crippen LogP contribution in [0.4, 0.5) is 0 Å². The number of ether oxygens (including phenoxy) is 2. The highest BCUT2D eigenvalue weighted by Crippen LogP contribution is 2.30. The maximum Gasteiger partial charge on any atom is 0.161 e. The first kappa shape index (κ1) is 12.6. The highest BCUT2D eigenvalue weighted by Gasteiger charge is 2.08. The van der Waals surface area contributed by atoms with Crippen LogP contribution >= 0.6 is 0 Å². The summed E-state index contributed by atoms with van der Waals surface area (Å²) in [4.78, 5) is 10.8. The van der Waals surface area contributed by atoms with E-state index in [0.717, 1.165) is 24.7 Å². The zero-order valence-electron chi connectivity index (χ0n) is 10.1. The van der Waals surface area contributed by atoms with Crippen LogP contribution in [0.3, 0.4) is 0 Å². The molecule has 3 nitrogen and oxygen atoms in total. The molecule has 3 heteroatoms. The number of aryl methyl sites for hydroxylation is 1. The molecule has 88 valence electrons. The van der Waals surface area contributed by atoms with Gasteiger partial charge in [-0.25, -0.2) is 0 Å². The molecular formula is C13H18O3. The van der Waals surface area contributed by atoms with Gasteiger partial charge in [0.25, 0.3) is 0 Å². The summed E-state index contributed by atoms with van der Waals surface area (Å²) in [6, 6.07) is 3.56. The zero-order valence-corrected chi connectivity index (χ0v) is 10.1. The molecule has 0 aliphatic carbocycles. The molecule has 0 aromatic heterocycles. The van der Waals surface area contributed by atoms with Gasteiger partial charge in [-0.2, -0.15) is 0 Å². The molecule has 16 heavy (non-hydrogen) atoms. The van der Waals surface area contributed by atoms with Gasteiger partial charge in [0.2, 0.25) is 0 Å². The van der Waals surface area contributed by atoms with Gasteiger partial charge >= 0.3 is 0 Å². The largest absolute Gasteiger partial charge is 0.493 e. The lowest BCUT2D eigenvalue weighted by atomic mass is 10.1. The summed E-state index contributed by atoms with van der Waals surface area (Å²) < 4.78 is 10.8.